The lowest BCUT2D eigenvalue weighted by Crippen LogP contribution is -2.33. The van der Waals surface area contributed by atoms with E-state index in [4.69, 9.17) is 0 Å². The molecule has 5 aliphatic rings. The van der Waals surface area contributed by atoms with Crippen molar-refractivity contribution < 1.29 is 0 Å². The Kier molecular flexibility index (Phi) is 10.2. The van der Waals surface area contributed by atoms with E-state index >= 15 is 0 Å². The van der Waals surface area contributed by atoms with Gasteiger partial charge in [0, 0.05) is 55.8 Å². The Morgan fingerprint density at radius 2 is 0.649 bits per heavy atom. The van der Waals surface area contributed by atoms with Crippen LogP contribution < -0.4 is 9.80 Å². The normalized spacial score (nSPS) is 19.4. The molecular weight excluding hydrogens is 929 g/mol. The highest BCUT2D eigenvalue weighted by Gasteiger charge is 2.52. The van der Waals surface area contributed by atoms with Gasteiger partial charge in [0.15, 0.2) is 0 Å². The number of benzene rings is 9. The maximum absolute atomic E-state index is 2.49. The van der Waals surface area contributed by atoms with E-state index in [0.717, 1.165) is 33.9 Å². The zero-order valence-electron chi connectivity index (χ0n) is 45.9. The lowest BCUT2D eigenvalue weighted by Gasteiger charge is -2.36. The maximum atomic E-state index is 2.49. The summed E-state index contributed by atoms with van der Waals surface area (Å²) in [6.07, 6.45) is 13.8. The Morgan fingerprint density at radius 1 is 0.312 bits per heavy atom. The molecule has 9 aromatic carbocycles. The van der Waals surface area contributed by atoms with Gasteiger partial charge in [-0.3, -0.25) is 0 Å². The van der Waals surface area contributed by atoms with E-state index in [-0.39, 0.29) is 27.1 Å². The SMILES string of the molecule is CC1(C)c2ccccc2-c2ccc(N(c3ccc(C=Cc4ccc(N(c5ccc6c(c5)C(C)(C)c5ccccc5-6)c5ccc6c(c5)C(C)(C)C5C=CC=CC65C)cc4)cc3)c3ccc4c(c3)C(C)(C)c3ccccc3-4)cc21. The van der Waals surface area contributed by atoms with E-state index in [0.29, 0.717) is 5.92 Å². The molecule has 0 bridgehead atoms. The van der Waals surface area contributed by atoms with Gasteiger partial charge >= 0.3 is 0 Å². The average Bonchev–Trinajstić information content (AvgIpc) is 4.24. The fourth-order valence-corrected chi connectivity index (χ4v) is 14.9. The molecule has 9 aromatic rings. The van der Waals surface area contributed by atoms with Crippen LogP contribution in [0.1, 0.15) is 118 Å². The van der Waals surface area contributed by atoms with E-state index in [9.17, 15) is 0 Å². The maximum Gasteiger partial charge on any atom is 0.0465 e. The molecule has 14 rings (SSSR count). The molecule has 77 heavy (non-hydrogen) atoms. The second-order valence-electron chi connectivity index (χ2n) is 24.8. The van der Waals surface area contributed by atoms with Crippen LogP contribution in [0.5, 0.6) is 0 Å². The molecule has 2 nitrogen and oxygen atoms in total. The summed E-state index contributed by atoms with van der Waals surface area (Å²) in [4.78, 5) is 4.94. The monoisotopic (exact) mass is 995 g/mol. The van der Waals surface area contributed by atoms with Gasteiger partial charge in [0.05, 0.1) is 0 Å². The van der Waals surface area contributed by atoms with Gasteiger partial charge in [0.1, 0.15) is 0 Å². The molecule has 0 spiro atoms. The van der Waals surface area contributed by atoms with Crippen LogP contribution in [0.4, 0.5) is 34.1 Å². The molecule has 0 aromatic heterocycles. The predicted octanol–water partition coefficient (Wildman–Crippen LogP) is 20.0. The molecule has 2 atom stereocenters. The number of hydrogen-bond donors (Lipinski definition) is 0. The molecule has 0 saturated heterocycles. The molecule has 0 amide bonds. The van der Waals surface area contributed by atoms with Crippen molar-refractivity contribution in [1.29, 1.82) is 0 Å². The Morgan fingerprint density at radius 3 is 1.05 bits per heavy atom. The molecule has 2 heteroatoms. The zero-order chi connectivity index (χ0) is 52.8. The molecule has 0 heterocycles. The van der Waals surface area contributed by atoms with Crippen LogP contribution in [0.25, 0.3) is 45.5 Å². The average molecular weight is 995 g/mol. The number of hydrogen-bond acceptors (Lipinski definition) is 2. The molecule has 376 valence electrons. The summed E-state index contributed by atoms with van der Waals surface area (Å²) >= 11 is 0. The smallest absolute Gasteiger partial charge is 0.0465 e. The van der Waals surface area contributed by atoms with E-state index in [1.165, 1.54) is 89.3 Å². The summed E-state index contributed by atoms with van der Waals surface area (Å²) in [7, 11) is 0. The van der Waals surface area contributed by atoms with Crippen LogP contribution in [-0.2, 0) is 27.1 Å². The minimum absolute atomic E-state index is 0.0300. The Hall–Kier alpha value is -8.20. The topological polar surface area (TPSA) is 6.48 Å². The van der Waals surface area contributed by atoms with Gasteiger partial charge in [0.25, 0.3) is 0 Å². The lowest BCUT2D eigenvalue weighted by atomic mass is 9.67. The van der Waals surface area contributed by atoms with Gasteiger partial charge in [-0.25, -0.2) is 0 Å². The number of rotatable bonds is 8. The Balaban J connectivity index is 0.805. The second kappa shape index (κ2) is 16.6. The van der Waals surface area contributed by atoms with Gasteiger partial charge in [-0.2, -0.15) is 0 Å². The van der Waals surface area contributed by atoms with Gasteiger partial charge < -0.3 is 9.80 Å². The molecule has 0 N–H and O–H groups in total. The molecule has 5 aliphatic carbocycles. The van der Waals surface area contributed by atoms with Crippen molar-refractivity contribution in [3.63, 3.8) is 0 Å². The third-order valence-electron chi connectivity index (χ3n) is 19.1. The molecule has 0 fully saturated rings. The predicted molar refractivity (Wildman–Crippen MR) is 326 cm³/mol. The third-order valence-corrected chi connectivity index (χ3v) is 19.1. The van der Waals surface area contributed by atoms with Gasteiger partial charge in [0.2, 0.25) is 0 Å². The van der Waals surface area contributed by atoms with Crippen molar-refractivity contribution in [2.75, 3.05) is 9.80 Å². The Labute approximate surface area is 456 Å². The van der Waals surface area contributed by atoms with Crippen molar-refractivity contribution in [3.05, 3.63) is 274 Å². The summed E-state index contributed by atoms with van der Waals surface area (Å²) in [5.41, 5.74) is 28.0. The first-order valence-electron chi connectivity index (χ1n) is 27.8. The van der Waals surface area contributed by atoms with Crippen LogP contribution in [0, 0.1) is 5.92 Å². The first-order chi connectivity index (χ1) is 37.0. The summed E-state index contributed by atoms with van der Waals surface area (Å²) in [5.74, 6) is 0.395. The van der Waals surface area contributed by atoms with E-state index < -0.39 is 0 Å². The van der Waals surface area contributed by atoms with Gasteiger partial charge in [-0.1, -0.05) is 220 Å². The van der Waals surface area contributed by atoms with Crippen molar-refractivity contribution in [1.82, 2.24) is 0 Å². The molecule has 2 unspecified atom stereocenters. The fraction of sp³-hybridized carbons (Fsp3) is 0.200. The fourth-order valence-electron chi connectivity index (χ4n) is 14.9. The van der Waals surface area contributed by atoms with Crippen molar-refractivity contribution in [2.24, 2.45) is 5.92 Å². The molecule has 0 radical (unpaired) electrons. The summed E-state index contributed by atoms with van der Waals surface area (Å²) < 4.78 is 0. The number of anilines is 6. The highest BCUT2D eigenvalue weighted by molar-refractivity contribution is 5.90. The van der Waals surface area contributed by atoms with Crippen molar-refractivity contribution in [2.45, 2.75) is 89.4 Å². The first-order valence-corrected chi connectivity index (χ1v) is 27.8. The molecular formula is C75H66N2. The van der Waals surface area contributed by atoms with Gasteiger partial charge in [-0.15, -0.1) is 0 Å². The summed E-state index contributed by atoms with van der Waals surface area (Å²) in [6.45, 7) is 21.5. The van der Waals surface area contributed by atoms with Crippen LogP contribution >= 0.6 is 0 Å². The van der Waals surface area contributed by atoms with Crippen LogP contribution in [0.2, 0.25) is 0 Å². The zero-order valence-corrected chi connectivity index (χ0v) is 45.9. The van der Waals surface area contributed by atoms with E-state index in [2.05, 4.69) is 303 Å². The first kappa shape index (κ1) is 47.3. The summed E-state index contributed by atoms with van der Waals surface area (Å²) in [6, 6.07) is 73.6. The summed E-state index contributed by atoms with van der Waals surface area (Å²) in [5, 5.41) is 0. The number of allylic oxidation sites excluding steroid dienone is 4. The largest absolute Gasteiger partial charge is 0.310 e. The number of nitrogens with zero attached hydrogens (tertiary/aromatic N) is 2. The highest BCUT2D eigenvalue weighted by atomic mass is 15.1. The van der Waals surface area contributed by atoms with Gasteiger partial charge in [-0.05, 0) is 173 Å². The third kappa shape index (κ3) is 6.93. The number of fused-ring (bicyclic) bond motifs is 12. The standard InChI is InChI=1S/C75H66N2/c1-71(2)62-21-13-10-18-56(62)59-39-35-52(44-66(59)71)76(53-36-40-60-57-19-11-14-22-63(57)72(3,4)67(60)45-53)50-31-27-48(28-32-50)25-26-49-29-33-51(34-30-49)77(54-37-41-61-58-20-12-15-23-64(58)73(5,6)68(61)46-54)55-38-42-65-69(47-55)74(7,8)70-24-16-17-43-75(65,70)9/h10-47,70H,1-9H3. The Bertz CT molecular complexity index is 3900. The van der Waals surface area contributed by atoms with Crippen LogP contribution in [0.3, 0.4) is 0 Å². The van der Waals surface area contributed by atoms with Crippen molar-refractivity contribution in [3.8, 4) is 33.4 Å². The van der Waals surface area contributed by atoms with Crippen molar-refractivity contribution >= 4 is 46.3 Å². The minimum Gasteiger partial charge on any atom is -0.310 e. The second-order valence-corrected chi connectivity index (χ2v) is 24.8. The van der Waals surface area contributed by atoms with E-state index in [1.807, 2.05) is 0 Å². The van der Waals surface area contributed by atoms with Crippen LogP contribution in [-0.4, -0.2) is 0 Å². The minimum atomic E-state index is -0.113. The van der Waals surface area contributed by atoms with E-state index in [1.54, 1.807) is 0 Å². The highest BCUT2D eigenvalue weighted by Crippen LogP contribution is 2.59. The molecule has 0 saturated carbocycles. The van der Waals surface area contributed by atoms with Crippen LogP contribution in [0.15, 0.2) is 218 Å². The molecule has 0 aliphatic heterocycles. The quantitative estimate of drug-likeness (QED) is 0.140. The lowest BCUT2D eigenvalue weighted by molar-refractivity contribution is 0.324.